The van der Waals surface area contributed by atoms with E-state index in [0.717, 1.165) is 12.8 Å². The number of hydrogen-bond acceptors (Lipinski definition) is 4. The van der Waals surface area contributed by atoms with Crippen LogP contribution in [-0.4, -0.2) is 37.8 Å². The predicted molar refractivity (Wildman–Crippen MR) is 82.9 cm³/mol. The molecule has 1 unspecified atom stereocenters. The van der Waals surface area contributed by atoms with Crippen molar-refractivity contribution in [1.29, 1.82) is 0 Å². The molecule has 18 heavy (non-hydrogen) atoms. The van der Waals surface area contributed by atoms with E-state index in [1.54, 1.807) is 11.8 Å². The van der Waals surface area contributed by atoms with Gasteiger partial charge >= 0.3 is 123 Å². The third-order valence-electron chi connectivity index (χ3n) is 2.75. The first-order valence-corrected chi connectivity index (χ1v) is 11.9. The zero-order valence-corrected chi connectivity index (χ0v) is 15.7. The number of thioether (sulfide) groups is 1. The van der Waals surface area contributed by atoms with Crippen LogP contribution >= 0.6 is 19.4 Å². The molecule has 0 radical (unpaired) electrons. The molecule has 0 aromatic carbocycles. The zero-order chi connectivity index (χ0) is 14.1. The van der Waals surface area contributed by atoms with Crippen LogP contribution in [0.2, 0.25) is 5.82 Å². The first-order chi connectivity index (χ1) is 8.55. The summed E-state index contributed by atoms with van der Waals surface area (Å²) in [6.07, 6.45) is 6.40. The van der Waals surface area contributed by atoms with Gasteiger partial charge in [0.25, 0.3) is 0 Å². The Labute approximate surface area is 123 Å². The fourth-order valence-corrected chi connectivity index (χ4v) is 9.20. The Morgan fingerprint density at radius 3 is 2.06 bits per heavy atom. The fraction of sp³-hybridized carbons (Fsp3) is 1.00. The topological polar surface area (TPSA) is 35.5 Å². The van der Waals surface area contributed by atoms with Gasteiger partial charge in [0.1, 0.15) is 0 Å². The molecule has 3 nitrogen and oxygen atoms in total. The van der Waals surface area contributed by atoms with Crippen molar-refractivity contribution >= 4 is 34.3 Å². The molecule has 0 rings (SSSR count). The monoisotopic (exact) mass is 362 g/mol. The molecule has 0 saturated carbocycles. The molecule has 0 aromatic rings. The van der Waals surface area contributed by atoms with Crippen molar-refractivity contribution in [1.82, 2.24) is 0 Å². The first-order valence-electron chi connectivity index (χ1n) is 6.55. The maximum atomic E-state index is 13.0. The van der Waals surface area contributed by atoms with Crippen LogP contribution in [0.1, 0.15) is 46.5 Å². The predicted octanol–water partition coefficient (Wildman–Crippen LogP) is 4.60. The standard InChI is InChI=1S/C12H27O3PSSe/c1-6-9-10-11-12(17-4,18-5)16(13,14-7-2)15-8-3/h6-11H2,1-5H3. The van der Waals surface area contributed by atoms with Crippen LogP contribution < -0.4 is 0 Å². The molecule has 0 heterocycles. The summed E-state index contributed by atoms with van der Waals surface area (Å²) in [5.41, 5.74) is 0. The molecule has 0 amide bonds. The van der Waals surface area contributed by atoms with Gasteiger partial charge in [0, 0.05) is 0 Å². The van der Waals surface area contributed by atoms with Gasteiger partial charge in [-0.05, 0) is 0 Å². The van der Waals surface area contributed by atoms with Crippen LogP contribution in [0, 0.1) is 0 Å². The van der Waals surface area contributed by atoms with Gasteiger partial charge < -0.3 is 0 Å². The molecule has 6 heteroatoms. The van der Waals surface area contributed by atoms with E-state index < -0.39 is 7.60 Å². The third kappa shape index (κ3) is 4.85. The van der Waals surface area contributed by atoms with E-state index in [1.807, 2.05) is 20.1 Å². The summed E-state index contributed by atoms with van der Waals surface area (Å²) in [4.78, 5) is 0. The third-order valence-corrected chi connectivity index (χ3v) is 13.1. The molecular formula is C12H27O3PSSe. The van der Waals surface area contributed by atoms with E-state index in [-0.39, 0.29) is 18.3 Å². The van der Waals surface area contributed by atoms with Gasteiger partial charge in [0.05, 0.1) is 0 Å². The van der Waals surface area contributed by atoms with Crippen molar-refractivity contribution in [3.8, 4) is 0 Å². The number of rotatable bonds is 11. The van der Waals surface area contributed by atoms with E-state index >= 15 is 0 Å². The van der Waals surface area contributed by atoms with Gasteiger partial charge in [-0.25, -0.2) is 0 Å². The summed E-state index contributed by atoms with van der Waals surface area (Å²) in [7, 11) is -3.01. The van der Waals surface area contributed by atoms with Crippen LogP contribution in [0.3, 0.4) is 0 Å². The van der Waals surface area contributed by atoms with Crippen LogP contribution in [0.25, 0.3) is 0 Å². The van der Waals surface area contributed by atoms with Crippen molar-refractivity contribution in [3.05, 3.63) is 0 Å². The van der Waals surface area contributed by atoms with Crippen molar-refractivity contribution < 1.29 is 13.6 Å². The van der Waals surface area contributed by atoms with Gasteiger partial charge in [0.15, 0.2) is 0 Å². The van der Waals surface area contributed by atoms with Gasteiger partial charge in [0.2, 0.25) is 0 Å². The Balaban J connectivity index is 5.04. The summed E-state index contributed by atoms with van der Waals surface area (Å²) < 4.78 is 23.9. The average molecular weight is 361 g/mol. The van der Waals surface area contributed by atoms with Crippen LogP contribution in [0.5, 0.6) is 0 Å². The second-order valence-corrected chi connectivity index (χ2v) is 11.2. The quantitative estimate of drug-likeness (QED) is 0.306. The molecule has 0 fully saturated rings. The molecule has 0 aliphatic carbocycles. The van der Waals surface area contributed by atoms with Crippen molar-refractivity contribution in [2.24, 2.45) is 0 Å². The van der Waals surface area contributed by atoms with E-state index in [4.69, 9.17) is 9.05 Å². The Bertz CT molecular complexity index is 250. The normalized spacial score (nSPS) is 15.6. The van der Waals surface area contributed by atoms with Crippen LogP contribution in [0.15, 0.2) is 0 Å². The molecule has 1 atom stereocenters. The second kappa shape index (κ2) is 9.85. The maximum absolute atomic E-state index is 13.0. The Morgan fingerprint density at radius 1 is 1.17 bits per heavy atom. The summed E-state index contributed by atoms with van der Waals surface area (Å²) >= 11 is 1.89. The van der Waals surface area contributed by atoms with Crippen LogP contribution in [0.4, 0.5) is 0 Å². The van der Waals surface area contributed by atoms with Crippen molar-refractivity contribution in [3.63, 3.8) is 0 Å². The molecule has 0 N–H and O–H groups in total. The summed E-state index contributed by atoms with van der Waals surface area (Å²) in [6, 6.07) is 0. The second-order valence-electron chi connectivity index (χ2n) is 3.91. The Kier molecular flexibility index (Phi) is 10.4. The molecule has 0 spiro atoms. The molecular weight excluding hydrogens is 334 g/mol. The minimum atomic E-state index is -3.01. The van der Waals surface area contributed by atoms with E-state index in [0.29, 0.717) is 13.2 Å². The summed E-state index contributed by atoms with van der Waals surface area (Å²) in [6.45, 7) is 6.84. The summed E-state index contributed by atoms with van der Waals surface area (Å²) in [5.74, 6) is 2.14. The SMILES string of the molecule is CCCCCC(SC)([Se]C)P(=O)(OCC)OCC. The van der Waals surface area contributed by atoms with Crippen LogP contribution in [-0.2, 0) is 13.6 Å². The Morgan fingerprint density at radius 2 is 1.72 bits per heavy atom. The van der Waals surface area contributed by atoms with E-state index in [1.165, 1.54) is 12.8 Å². The molecule has 0 bridgehead atoms. The van der Waals surface area contributed by atoms with E-state index in [2.05, 4.69) is 12.7 Å². The van der Waals surface area contributed by atoms with Crippen molar-refractivity contribution in [2.45, 2.75) is 55.7 Å². The average Bonchev–Trinajstić information content (AvgIpc) is 2.35. The Hall–Kier alpha value is 1.02. The molecule has 0 aliphatic heterocycles. The van der Waals surface area contributed by atoms with Gasteiger partial charge in [-0.3, -0.25) is 0 Å². The fourth-order valence-electron chi connectivity index (χ4n) is 1.82. The minimum absolute atomic E-state index is 0.222. The van der Waals surface area contributed by atoms with Gasteiger partial charge in [-0.15, -0.1) is 0 Å². The van der Waals surface area contributed by atoms with Crippen molar-refractivity contribution in [2.75, 3.05) is 19.5 Å². The number of hydrogen-bond donors (Lipinski definition) is 0. The first kappa shape index (κ1) is 19.0. The molecule has 0 aliphatic rings. The molecule has 0 saturated heterocycles. The van der Waals surface area contributed by atoms with E-state index in [9.17, 15) is 4.57 Å². The molecule has 0 aromatic heterocycles. The molecule has 110 valence electrons. The summed E-state index contributed by atoms with van der Waals surface area (Å²) in [5, 5.41) is 0. The number of unbranched alkanes of at least 4 members (excludes halogenated alkanes) is 2. The zero-order valence-electron chi connectivity index (χ0n) is 12.2. The van der Waals surface area contributed by atoms with Gasteiger partial charge in [-0.1, -0.05) is 0 Å². The van der Waals surface area contributed by atoms with Gasteiger partial charge in [-0.2, -0.15) is 0 Å².